The van der Waals surface area contributed by atoms with Gasteiger partial charge < -0.3 is 9.84 Å². The molecule has 2 atom stereocenters. The summed E-state index contributed by atoms with van der Waals surface area (Å²) >= 11 is 3.45. The molecule has 0 saturated heterocycles. The minimum Gasteiger partial charge on any atom is -0.485 e. The third kappa shape index (κ3) is 2.48. The summed E-state index contributed by atoms with van der Waals surface area (Å²) in [5.41, 5.74) is 4.51. The predicted octanol–water partition coefficient (Wildman–Crippen LogP) is 4.62. The maximum atomic E-state index is 10.3. The largest absolute Gasteiger partial charge is 0.485 e. The van der Waals surface area contributed by atoms with E-state index in [1.54, 1.807) is 0 Å². The van der Waals surface area contributed by atoms with Crippen LogP contribution in [-0.2, 0) is 0 Å². The summed E-state index contributed by atoms with van der Waals surface area (Å²) < 4.78 is 7.04. The zero-order chi connectivity index (χ0) is 14.3. The number of ether oxygens (including phenoxy) is 1. The van der Waals surface area contributed by atoms with Gasteiger partial charge in [0, 0.05) is 16.5 Å². The number of aryl methyl sites for hydroxylation is 2. The van der Waals surface area contributed by atoms with E-state index in [0.29, 0.717) is 6.42 Å². The number of benzene rings is 2. The average Bonchev–Trinajstić information content (AvgIpc) is 2.41. The molecule has 20 heavy (non-hydrogen) atoms. The fourth-order valence-electron chi connectivity index (χ4n) is 2.59. The van der Waals surface area contributed by atoms with Gasteiger partial charge in [0.15, 0.2) is 0 Å². The van der Waals surface area contributed by atoms with Crippen LogP contribution in [0, 0.1) is 13.8 Å². The second-order valence-electron chi connectivity index (χ2n) is 5.38. The summed E-state index contributed by atoms with van der Waals surface area (Å²) in [6, 6.07) is 12.1. The van der Waals surface area contributed by atoms with Gasteiger partial charge in [-0.05, 0) is 42.7 Å². The second kappa shape index (κ2) is 5.23. The molecule has 2 aromatic rings. The Labute approximate surface area is 127 Å². The zero-order valence-electron chi connectivity index (χ0n) is 11.6. The quantitative estimate of drug-likeness (QED) is 0.825. The van der Waals surface area contributed by atoms with Gasteiger partial charge in [-0.2, -0.15) is 0 Å². The van der Waals surface area contributed by atoms with E-state index in [2.05, 4.69) is 48.0 Å². The first-order valence-corrected chi connectivity index (χ1v) is 7.55. The molecule has 0 bridgehead atoms. The van der Waals surface area contributed by atoms with Crippen molar-refractivity contribution < 1.29 is 9.84 Å². The highest BCUT2D eigenvalue weighted by Crippen LogP contribution is 2.42. The molecule has 0 saturated carbocycles. The van der Waals surface area contributed by atoms with Gasteiger partial charge in [-0.3, -0.25) is 0 Å². The number of hydrogen-bond acceptors (Lipinski definition) is 2. The lowest BCUT2D eigenvalue weighted by Crippen LogP contribution is -2.19. The van der Waals surface area contributed by atoms with E-state index < -0.39 is 6.10 Å². The van der Waals surface area contributed by atoms with E-state index in [0.717, 1.165) is 21.3 Å². The van der Waals surface area contributed by atoms with Crippen molar-refractivity contribution in [1.82, 2.24) is 0 Å². The van der Waals surface area contributed by atoms with E-state index in [4.69, 9.17) is 4.74 Å². The van der Waals surface area contributed by atoms with Crippen LogP contribution in [0.4, 0.5) is 0 Å². The van der Waals surface area contributed by atoms with Gasteiger partial charge in [0.1, 0.15) is 11.9 Å². The molecule has 1 unspecified atom stereocenters. The van der Waals surface area contributed by atoms with Crippen LogP contribution in [0.2, 0.25) is 0 Å². The molecular formula is C17H17BrO2. The van der Waals surface area contributed by atoms with E-state index in [1.165, 1.54) is 11.1 Å². The number of rotatable bonds is 1. The van der Waals surface area contributed by atoms with Crippen molar-refractivity contribution in [2.45, 2.75) is 32.5 Å². The molecular weight excluding hydrogens is 316 g/mol. The Bertz CT molecular complexity index is 651. The highest BCUT2D eigenvalue weighted by Gasteiger charge is 2.28. The van der Waals surface area contributed by atoms with Crippen LogP contribution in [0.1, 0.15) is 40.9 Å². The van der Waals surface area contributed by atoms with Crippen molar-refractivity contribution in [3.05, 3.63) is 63.1 Å². The minimum atomic E-state index is -0.474. The number of aliphatic hydroxyl groups excluding tert-OH is 1. The Morgan fingerprint density at radius 2 is 1.90 bits per heavy atom. The minimum absolute atomic E-state index is 0.0916. The van der Waals surface area contributed by atoms with Gasteiger partial charge >= 0.3 is 0 Å². The Balaban J connectivity index is 1.96. The van der Waals surface area contributed by atoms with Gasteiger partial charge in [0.05, 0.1) is 6.10 Å². The Kier molecular flexibility index (Phi) is 3.57. The van der Waals surface area contributed by atoms with Crippen molar-refractivity contribution in [2.24, 2.45) is 0 Å². The topological polar surface area (TPSA) is 29.5 Å². The third-order valence-electron chi connectivity index (χ3n) is 3.94. The van der Waals surface area contributed by atoms with Crippen LogP contribution in [0.5, 0.6) is 5.75 Å². The maximum Gasteiger partial charge on any atom is 0.127 e. The highest BCUT2D eigenvalue weighted by atomic mass is 79.9. The molecule has 2 aromatic carbocycles. The highest BCUT2D eigenvalue weighted by molar-refractivity contribution is 9.10. The Morgan fingerprint density at radius 3 is 2.65 bits per heavy atom. The van der Waals surface area contributed by atoms with Crippen LogP contribution < -0.4 is 4.74 Å². The lowest BCUT2D eigenvalue weighted by Gasteiger charge is -2.30. The molecule has 2 nitrogen and oxygen atoms in total. The molecule has 3 heteroatoms. The molecule has 0 spiro atoms. The van der Waals surface area contributed by atoms with E-state index in [-0.39, 0.29) is 6.10 Å². The molecule has 0 fully saturated rings. The molecule has 1 aliphatic heterocycles. The number of aliphatic hydroxyl groups is 1. The molecule has 3 rings (SSSR count). The molecule has 1 heterocycles. The van der Waals surface area contributed by atoms with Gasteiger partial charge in [-0.25, -0.2) is 0 Å². The van der Waals surface area contributed by atoms with E-state index in [9.17, 15) is 5.11 Å². The molecule has 1 aliphatic rings. The maximum absolute atomic E-state index is 10.3. The SMILES string of the molecule is Cc1ccc(C2C[C@H](O)c3ccc(Br)cc3O2)cc1C. The summed E-state index contributed by atoms with van der Waals surface area (Å²) in [4.78, 5) is 0. The number of hydrogen-bond donors (Lipinski definition) is 1. The van der Waals surface area contributed by atoms with Gasteiger partial charge in [-0.15, -0.1) is 0 Å². The van der Waals surface area contributed by atoms with Crippen LogP contribution in [0.25, 0.3) is 0 Å². The van der Waals surface area contributed by atoms with E-state index >= 15 is 0 Å². The third-order valence-corrected chi connectivity index (χ3v) is 4.44. The van der Waals surface area contributed by atoms with Crippen molar-refractivity contribution in [3.8, 4) is 5.75 Å². The summed E-state index contributed by atoms with van der Waals surface area (Å²) in [6.45, 7) is 4.20. The lowest BCUT2D eigenvalue weighted by molar-refractivity contribution is 0.0656. The Hall–Kier alpha value is -1.32. The van der Waals surface area contributed by atoms with Gasteiger partial charge in [0.25, 0.3) is 0 Å². The second-order valence-corrected chi connectivity index (χ2v) is 6.30. The number of halogens is 1. The van der Waals surface area contributed by atoms with Crippen LogP contribution in [-0.4, -0.2) is 5.11 Å². The first kappa shape index (κ1) is 13.7. The number of fused-ring (bicyclic) bond motifs is 1. The summed E-state index contributed by atoms with van der Waals surface area (Å²) in [5, 5.41) is 10.3. The van der Waals surface area contributed by atoms with Gasteiger partial charge in [-0.1, -0.05) is 40.2 Å². The average molecular weight is 333 g/mol. The zero-order valence-corrected chi connectivity index (χ0v) is 13.1. The lowest BCUT2D eigenvalue weighted by atomic mass is 9.93. The van der Waals surface area contributed by atoms with Crippen molar-refractivity contribution in [2.75, 3.05) is 0 Å². The van der Waals surface area contributed by atoms with Crippen molar-refractivity contribution in [3.63, 3.8) is 0 Å². The summed E-state index contributed by atoms with van der Waals surface area (Å²) in [7, 11) is 0. The van der Waals surface area contributed by atoms with Crippen LogP contribution >= 0.6 is 15.9 Å². The molecule has 1 N–H and O–H groups in total. The summed E-state index contributed by atoms with van der Waals surface area (Å²) in [6.07, 6.45) is 0.0292. The van der Waals surface area contributed by atoms with Crippen LogP contribution in [0.15, 0.2) is 40.9 Å². The van der Waals surface area contributed by atoms with E-state index in [1.807, 2.05) is 18.2 Å². The van der Waals surface area contributed by atoms with Crippen molar-refractivity contribution >= 4 is 15.9 Å². The van der Waals surface area contributed by atoms with Gasteiger partial charge in [0.2, 0.25) is 0 Å². The monoisotopic (exact) mass is 332 g/mol. The van der Waals surface area contributed by atoms with Crippen molar-refractivity contribution in [1.29, 1.82) is 0 Å². The molecule has 0 radical (unpaired) electrons. The molecule has 0 aliphatic carbocycles. The Morgan fingerprint density at radius 1 is 1.10 bits per heavy atom. The molecule has 0 aromatic heterocycles. The normalized spacial score (nSPS) is 21.2. The fourth-order valence-corrected chi connectivity index (χ4v) is 2.93. The predicted molar refractivity (Wildman–Crippen MR) is 83.0 cm³/mol. The first-order chi connectivity index (χ1) is 9.54. The smallest absolute Gasteiger partial charge is 0.127 e. The fraction of sp³-hybridized carbons (Fsp3) is 0.294. The first-order valence-electron chi connectivity index (χ1n) is 6.76. The van der Waals surface area contributed by atoms with Crippen LogP contribution in [0.3, 0.4) is 0 Å². The molecule has 104 valence electrons. The standard InChI is InChI=1S/C17H17BrO2/c1-10-3-4-12(7-11(10)2)16-9-15(19)14-6-5-13(18)8-17(14)20-16/h3-8,15-16,19H,9H2,1-2H3/t15-,16?/m0/s1. The summed E-state index contributed by atoms with van der Waals surface area (Å²) in [5.74, 6) is 0.765. The molecule has 0 amide bonds.